The van der Waals surface area contributed by atoms with Gasteiger partial charge in [-0.2, -0.15) is 0 Å². The normalized spacial score (nSPS) is 12.4. The topological polar surface area (TPSA) is 38.3 Å². The van der Waals surface area contributed by atoms with Gasteiger partial charge in [-0.15, -0.1) is 11.3 Å². The molecule has 0 aromatic carbocycles. The average molecular weight is 241 g/mol. The van der Waals surface area contributed by atoms with E-state index in [4.69, 9.17) is 4.74 Å². The summed E-state index contributed by atoms with van der Waals surface area (Å²) >= 11 is 1.64. The average Bonchev–Trinajstić information content (AvgIpc) is 2.77. The molecule has 0 saturated heterocycles. The van der Waals surface area contributed by atoms with Gasteiger partial charge in [-0.25, -0.2) is 0 Å². The van der Waals surface area contributed by atoms with Crippen molar-refractivity contribution < 1.29 is 9.53 Å². The zero-order valence-corrected chi connectivity index (χ0v) is 10.7. The van der Waals surface area contributed by atoms with E-state index in [9.17, 15) is 4.79 Å². The van der Waals surface area contributed by atoms with Crippen LogP contribution in [0.2, 0.25) is 0 Å². The van der Waals surface area contributed by atoms with Crippen molar-refractivity contribution in [3.05, 3.63) is 22.4 Å². The molecule has 0 saturated carbocycles. The maximum atomic E-state index is 11.5. The molecule has 0 aliphatic heterocycles. The second kappa shape index (κ2) is 7.41. The van der Waals surface area contributed by atoms with E-state index in [0.717, 1.165) is 24.3 Å². The minimum Gasteiger partial charge on any atom is -0.457 e. The van der Waals surface area contributed by atoms with Gasteiger partial charge in [-0.3, -0.25) is 4.79 Å². The minimum absolute atomic E-state index is 0.0912. The van der Waals surface area contributed by atoms with Gasteiger partial charge in [-0.05, 0) is 31.5 Å². The first-order valence-electron chi connectivity index (χ1n) is 5.65. The number of hydrogen-bond donors (Lipinski definition) is 1. The Morgan fingerprint density at radius 3 is 3.00 bits per heavy atom. The number of carbonyl (C=O) groups excluding carboxylic acids is 1. The minimum atomic E-state index is -0.1000. The third-order valence-electron chi connectivity index (χ3n) is 2.24. The molecule has 0 fully saturated rings. The van der Waals surface area contributed by atoms with E-state index in [1.165, 1.54) is 0 Å². The third kappa shape index (κ3) is 4.33. The molecule has 90 valence electrons. The molecule has 1 atom stereocenters. The van der Waals surface area contributed by atoms with Crippen LogP contribution in [-0.2, 0) is 9.53 Å². The van der Waals surface area contributed by atoms with Crippen molar-refractivity contribution in [1.82, 2.24) is 5.32 Å². The van der Waals surface area contributed by atoms with Gasteiger partial charge in [0.1, 0.15) is 6.10 Å². The molecule has 0 amide bonds. The predicted molar refractivity (Wildman–Crippen MR) is 66.6 cm³/mol. The van der Waals surface area contributed by atoms with Gasteiger partial charge in [0, 0.05) is 17.7 Å². The Balaban J connectivity index is 2.54. The van der Waals surface area contributed by atoms with E-state index in [1.807, 2.05) is 31.5 Å². The Morgan fingerprint density at radius 1 is 1.62 bits per heavy atom. The molecule has 1 aromatic heterocycles. The van der Waals surface area contributed by atoms with Crippen molar-refractivity contribution in [2.75, 3.05) is 13.6 Å². The summed E-state index contributed by atoms with van der Waals surface area (Å²) in [4.78, 5) is 12.6. The Labute approximate surface area is 101 Å². The number of rotatable bonds is 7. The summed E-state index contributed by atoms with van der Waals surface area (Å²) in [6, 6.07) is 4.00. The molecule has 1 aromatic rings. The molecule has 0 radical (unpaired) electrons. The van der Waals surface area contributed by atoms with Crippen molar-refractivity contribution in [2.45, 2.75) is 32.3 Å². The summed E-state index contributed by atoms with van der Waals surface area (Å²) in [5.41, 5.74) is 0. The quantitative estimate of drug-likeness (QED) is 0.746. The number of thiophene rings is 1. The van der Waals surface area contributed by atoms with E-state index in [2.05, 4.69) is 5.32 Å². The Bertz CT molecular complexity index is 298. The first kappa shape index (κ1) is 13.2. The van der Waals surface area contributed by atoms with Gasteiger partial charge in [0.15, 0.2) is 0 Å². The van der Waals surface area contributed by atoms with Crippen LogP contribution in [0.4, 0.5) is 0 Å². The molecule has 3 nitrogen and oxygen atoms in total. The van der Waals surface area contributed by atoms with Crippen LogP contribution in [-0.4, -0.2) is 19.6 Å². The largest absolute Gasteiger partial charge is 0.457 e. The van der Waals surface area contributed by atoms with Gasteiger partial charge in [0.25, 0.3) is 0 Å². The fourth-order valence-electron chi connectivity index (χ4n) is 1.43. The standard InChI is InChI=1S/C12H19NO2S/c1-3-5-12(14)15-10(7-8-13-2)11-6-4-9-16-11/h4,6,9-10,13H,3,5,7-8H2,1-2H3. The highest BCUT2D eigenvalue weighted by Gasteiger charge is 2.16. The molecule has 0 spiro atoms. The highest BCUT2D eigenvalue weighted by Crippen LogP contribution is 2.25. The molecular weight excluding hydrogens is 222 g/mol. The molecule has 0 aliphatic carbocycles. The van der Waals surface area contributed by atoms with Crippen LogP contribution >= 0.6 is 11.3 Å². The fourth-order valence-corrected chi connectivity index (χ4v) is 2.22. The van der Waals surface area contributed by atoms with E-state index in [0.29, 0.717) is 6.42 Å². The smallest absolute Gasteiger partial charge is 0.306 e. The lowest BCUT2D eigenvalue weighted by Gasteiger charge is -2.16. The van der Waals surface area contributed by atoms with Crippen molar-refractivity contribution in [3.8, 4) is 0 Å². The number of ether oxygens (including phenoxy) is 1. The summed E-state index contributed by atoms with van der Waals surface area (Å²) in [7, 11) is 1.90. The maximum Gasteiger partial charge on any atom is 0.306 e. The second-order valence-electron chi connectivity index (χ2n) is 3.64. The van der Waals surface area contributed by atoms with Crippen molar-refractivity contribution >= 4 is 17.3 Å². The highest BCUT2D eigenvalue weighted by molar-refractivity contribution is 7.10. The number of carbonyl (C=O) groups is 1. The van der Waals surface area contributed by atoms with Crippen molar-refractivity contribution in [1.29, 1.82) is 0 Å². The van der Waals surface area contributed by atoms with Crippen LogP contribution in [0, 0.1) is 0 Å². The first-order valence-corrected chi connectivity index (χ1v) is 6.53. The SMILES string of the molecule is CCCC(=O)OC(CCNC)c1cccs1. The molecule has 0 aliphatic rings. The van der Waals surface area contributed by atoms with Crippen LogP contribution in [0.3, 0.4) is 0 Å². The molecule has 1 heterocycles. The highest BCUT2D eigenvalue weighted by atomic mass is 32.1. The zero-order valence-electron chi connectivity index (χ0n) is 9.86. The summed E-state index contributed by atoms with van der Waals surface area (Å²) in [6.07, 6.45) is 2.07. The number of nitrogens with one attached hydrogen (secondary N) is 1. The summed E-state index contributed by atoms with van der Waals surface area (Å²) in [5, 5.41) is 5.09. The van der Waals surface area contributed by atoms with Gasteiger partial charge < -0.3 is 10.1 Å². The van der Waals surface area contributed by atoms with Gasteiger partial charge in [0.2, 0.25) is 0 Å². The molecule has 0 bridgehead atoms. The molecule has 4 heteroatoms. The Morgan fingerprint density at radius 2 is 2.44 bits per heavy atom. The summed E-state index contributed by atoms with van der Waals surface area (Å²) in [5.74, 6) is -0.1000. The fraction of sp³-hybridized carbons (Fsp3) is 0.583. The van der Waals surface area contributed by atoms with E-state index in [-0.39, 0.29) is 12.1 Å². The second-order valence-corrected chi connectivity index (χ2v) is 4.62. The van der Waals surface area contributed by atoms with Gasteiger partial charge >= 0.3 is 5.97 Å². The Hall–Kier alpha value is -0.870. The molecule has 1 N–H and O–H groups in total. The number of hydrogen-bond acceptors (Lipinski definition) is 4. The van der Waals surface area contributed by atoms with E-state index >= 15 is 0 Å². The van der Waals surface area contributed by atoms with E-state index < -0.39 is 0 Å². The van der Waals surface area contributed by atoms with Crippen molar-refractivity contribution in [2.24, 2.45) is 0 Å². The zero-order chi connectivity index (χ0) is 11.8. The maximum absolute atomic E-state index is 11.5. The molecule has 16 heavy (non-hydrogen) atoms. The molecule has 1 unspecified atom stereocenters. The van der Waals surface area contributed by atoms with E-state index in [1.54, 1.807) is 11.3 Å². The summed E-state index contributed by atoms with van der Waals surface area (Å²) in [6.45, 7) is 2.83. The van der Waals surface area contributed by atoms with Crippen LogP contribution < -0.4 is 5.32 Å². The Kier molecular flexibility index (Phi) is 6.11. The molecule has 1 rings (SSSR count). The van der Waals surface area contributed by atoms with Crippen molar-refractivity contribution in [3.63, 3.8) is 0 Å². The van der Waals surface area contributed by atoms with Gasteiger partial charge in [-0.1, -0.05) is 13.0 Å². The molecular formula is C12H19NO2S. The van der Waals surface area contributed by atoms with Crippen LogP contribution in [0.25, 0.3) is 0 Å². The number of esters is 1. The lowest BCUT2D eigenvalue weighted by Crippen LogP contribution is -2.16. The van der Waals surface area contributed by atoms with Crippen LogP contribution in [0.15, 0.2) is 17.5 Å². The summed E-state index contributed by atoms with van der Waals surface area (Å²) < 4.78 is 5.47. The predicted octanol–water partition coefficient (Wildman–Crippen LogP) is 2.74. The third-order valence-corrected chi connectivity index (χ3v) is 3.21. The lowest BCUT2D eigenvalue weighted by atomic mass is 10.2. The monoisotopic (exact) mass is 241 g/mol. The first-order chi connectivity index (χ1) is 7.77. The van der Waals surface area contributed by atoms with Crippen LogP contribution in [0.1, 0.15) is 37.2 Å². The van der Waals surface area contributed by atoms with Gasteiger partial charge in [0.05, 0.1) is 0 Å². The van der Waals surface area contributed by atoms with Crippen LogP contribution in [0.5, 0.6) is 0 Å². The lowest BCUT2D eigenvalue weighted by molar-refractivity contribution is -0.149.